The summed E-state index contributed by atoms with van der Waals surface area (Å²) in [5, 5.41) is 0.653. The number of rotatable bonds is 3. The van der Waals surface area contributed by atoms with Crippen molar-refractivity contribution in [2.45, 2.75) is 46.5 Å². The van der Waals surface area contributed by atoms with Crippen LogP contribution in [-0.4, -0.2) is 11.3 Å². The molecule has 1 aliphatic carbocycles. The highest BCUT2D eigenvalue weighted by Crippen LogP contribution is 2.40. The van der Waals surface area contributed by atoms with Crippen LogP contribution in [0, 0.1) is 11.3 Å². The van der Waals surface area contributed by atoms with Crippen molar-refractivity contribution in [2.24, 2.45) is 11.3 Å². The molecule has 0 radical (unpaired) electrons. The van der Waals surface area contributed by atoms with E-state index in [4.69, 9.17) is 0 Å². The van der Waals surface area contributed by atoms with Crippen molar-refractivity contribution in [1.82, 2.24) is 4.98 Å². The van der Waals surface area contributed by atoms with E-state index < -0.39 is 0 Å². The van der Waals surface area contributed by atoms with Crippen molar-refractivity contribution in [1.29, 1.82) is 0 Å². The predicted octanol–water partition coefficient (Wildman–Crippen LogP) is 3.50. The minimum Gasteiger partial charge on any atom is -0.295 e. The first kappa shape index (κ1) is 11.8. The summed E-state index contributed by atoms with van der Waals surface area (Å²) in [4.78, 5) is 16.4. The first-order chi connectivity index (χ1) is 7.56. The molecule has 1 aliphatic rings. The normalized spacial score (nSPS) is 20.6. The highest BCUT2D eigenvalue weighted by molar-refractivity contribution is 7.13. The number of carbonyl (C=O) groups excluding carboxylic acids is 1. The molecule has 0 saturated heterocycles. The Morgan fingerprint density at radius 3 is 2.94 bits per heavy atom. The zero-order valence-corrected chi connectivity index (χ0v) is 11.1. The van der Waals surface area contributed by atoms with Crippen LogP contribution >= 0.6 is 11.3 Å². The first-order valence-electron chi connectivity index (χ1n) is 6.00. The van der Waals surface area contributed by atoms with Crippen molar-refractivity contribution >= 4 is 17.6 Å². The van der Waals surface area contributed by atoms with E-state index in [2.05, 4.69) is 25.8 Å². The molecule has 0 fully saturated rings. The summed E-state index contributed by atoms with van der Waals surface area (Å²) in [6.45, 7) is 6.97. The van der Waals surface area contributed by atoms with Gasteiger partial charge in [0.25, 0.3) is 0 Å². The molecule has 0 saturated carbocycles. The largest absolute Gasteiger partial charge is 0.295 e. The lowest BCUT2D eigenvalue weighted by atomic mass is 9.70. The highest BCUT2D eigenvalue weighted by atomic mass is 32.1. The molecule has 0 aliphatic heterocycles. The van der Waals surface area contributed by atoms with E-state index >= 15 is 0 Å². The van der Waals surface area contributed by atoms with Gasteiger partial charge in [0, 0.05) is 4.88 Å². The summed E-state index contributed by atoms with van der Waals surface area (Å²) in [6, 6.07) is 0. The Bertz CT molecular complexity index is 395. The van der Waals surface area contributed by atoms with E-state index in [1.165, 1.54) is 23.4 Å². The summed E-state index contributed by atoms with van der Waals surface area (Å²) < 4.78 is 0. The molecule has 1 aromatic rings. The molecule has 1 atom stereocenters. The molecular weight excluding hydrogens is 218 g/mol. The van der Waals surface area contributed by atoms with Crippen LogP contribution < -0.4 is 0 Å². The number of nitrogens with zero attached hydrogens (tertiary/aromatic N) is 1. The maximum absolute atomic E-state index is 10.7. The zero-order chi connectivity index (χ0) is 11.8. The summed E-state index contributed by atoms with van der Waals surface area (Å²) in [5.74, 6) is 0.741. The second-order valence-corrected chi connectivity index (χ2v) is 6.44. The fourth-order valence-electron chi connectivity index (χ4n) is 2.40. The SMILES string of the molecule is CCC(C)(C)C1CCc2nc(C=O)sc2C1. The molecule has 1 unspecified atom stereocenters. The van der Waals surface area contributed by atoms with Gasteiger partial charge < -0.3 is 0 Å². The van der Waals surface area contributed by atoms with Crippen LogP contribution in [0.4, 0.5) is 0 Å². The van der Waals surface area contributed by atoms with Gasteiger partial charge in [-0.1, -0.05) is 27.2 Å². The zero-order valence-electron chi connectivity index (χ0n) is 10.2. The second kappa shape index (κ2) is 4.28. The van der Waals surface area contributed by atoms with Gasteiger partial charge in [-0.25, -0.2) is 4.98 Å². The Kier molecular flexibility index (Phi) is 3.15. The molecule has 3 heteroatoms. The lowest BCUT2D eigenvalue weighted by Gasteiger charge is -2.35. The van der Waals surface area contributed by atoms with Crippen molar-refractivity contribution < 1.29 is 4.79 Å². The van der Waals surface area contributed by atoms with E-state index in [0.29, 0.717) is 10.4 Å². The third-order valence-corrected chi connectivity index (χ3v) is 5.12. The van der Waals surface area contributed by atoms with Gasteiger partial charge in [-0.05, 0) is 30.6 Å². The molecule has 2 nitrogen and oxygen atoms in total. The fourth-order valence-corrected chi connectivity index (χ4v) is 3.41. The monoisotopic (exact) mass is 237 g/mol. The summed E-state index contributed by atoms with van der Waals surface area (Å²) in [5.41, 5.74) is 1.58. The smallest absolute Gasteiger partial charge is 0.178 e. The first-order valence-corrected chi connectivity index (χ1v) is 6.82. The standard InChI is InChI=1S/C13H19NOS/c1-4-13(2,3)9-5-6-10-11(7-9)16-12(8-15)14-10/h8-9H,4-7H2,1-3H3. The van der Waals surface area contributed by atoms with E-state index in [0.717, 1.165) is 25.0 Å². The number of aldehydes is 1. The molecule has 1 heterocycles. The van der Waals surface area contributed by atoms with Gasteiger partial charge in [-0.2, -0.15) is 0 Å². The Balaban J connectivity index is 2.20. The van der Waals surface area contributed by atoms with E-state index in [1.807, 2.05) is 0 Å². The average Bonchev–Trinajstić information content (AvgIpc) is 2.70. The number of carbonyl (C=O) groups is 1. The van der Waals surface area contributed by atoms with Crippen molar-refractivity contribution in [3.05, 3.63) is 15.6 Å². The van der Waals surface area contributed by atoms with Gasteiger partial charge >= 0.3 is 0 Å². The topological polar surface area (TPSA) is 30.0 Å². The molecular formula is C13H19NOS. The molecule has 0 bridgehead atoms. The lowest BCUT2D eigenvalue weighted by molar-refractivity contribution is 0.112. The van der Waals surface area contributed by atoms with Crippen molar-refractivity contribution in [3.63, 3.8) is 0 Å². The van der Waals surface area contributed by atoms with Crippen LogP contribution in [0.15, 0.2) is 0 Å². The van der Waals surface area contributed by atoms with Crippen LogP contribution in [0.1, 0.15) is 54.0 Å². The average molecular weight is 237 g/mol. The maximum atomic E-state index is 10.7. The summed E-state index contributed by atoms with van der Waals surface area (Å²) in [6.07, 6.45) is 5.47. The number of hydrogen-bond acceptors (Lipinski definition) is 3. The summed E-state index contributed by atoms with van der Waals surface area (Å²) >= 11 is 1.59. The van der Waals surface area contributed by atoms with E-state index in [9.17, 15) is 4.79 Å². The van der Waals surface area contributed by atoms with Crippen LogP contribution in [0.5, 0.6) is 0 Å². The lowest BCUT2D eigenvalue weighted by Crippen LogP contribution is -2.28. The number of aryl methyl sites for hydroxylation is 1. The van der Waals surface area contributed by atoms with Crippen molar-refractivity contribution in [3.8, 4) is 0 Å². The molecule has 1 aromatic heterocycles. The van der Waals surface area contributed by atoms with Gasteiger partial charge in [0.15, 0.2) is 11.3 Å². The third-order valence-electron chi connectivity index (χ3n) is 4.07. The number of aromatic nitrogens is 1. The molecule has 0 aromatic carbocycles. The van der Waals surface area contributed by atoms with Crippen LogP contribution in [0.3, 0.4) is 0 Å². The van der Waals surface area contributed by atoms with Crippen LogP contribution in [-0.2, 0) is 12.8 Å². The molecule has 0 amide bonds. The predicted molar refractivity (Wildman–Crippen MR) is 67.1 cm³/mol. The molecule has 16 heavy (non-hydrogen) atoms. The number of hydrogen-bond donors (Lipinski definition) is 0. The van der Waals surface area contributed by atoms with Crippen molar-refractivity contribution in [2.75, 3.05) is 0 Å². The third kappa shape index (κ3) is 2.05. The fraction of sp³-hybridized carbons (Fsp3) is 0.692. The van der Waals surface area contributed by atoms with Crippen LogP contribution in [0.25, 0.3) is 0 Å². The van der Waals surface area contributed by atoms with Gasteiger partial charge in [0.05, 0.1) is 5.69 Å². The number of fused-ring (bicyclic) bond motifs is 1. The second-order valence-electron chi connectivity index (χ2n) is 5.32. The van der Waals surface area contributed by atoms with Gasteiger partial charge in [0.2, 0.25) is 0 Å². The summed E-state index contributed by atoms with van der Waals surface area (Å²) in [7, 11) is 0. The van der Waals surface area contributed by atoms with E-state index in [1.54, 1.807) is 11.3 Å². The number of thiazole rings is 1. The van der Waals surface area contributed by atoms with Crippen LogP contribution in [0.2, 0.25) is 0 Å². The van der Waals surface area contributed by atoms with Gasteiger partial charge in [0.1, 0.15) is 0 Å². The Labute approximate surface area is 101 Å². The Morgan fingerprint density at radius 2 is 2.31 bits per heavy atom. The minimum absolute atomic E-state index is 0.406. The Morgan fingerprint density at radius 1 is 1.56 bits per heavy atom. The van der Waals surface area contributed by atoms with E-state index in [-0.39, 0.29) is 0 Å². The molecule has 88 valence electrons. The minimum atomic E-state index is 0.406. The highest BCUT2D eigenvalue weighted by Gasteiger charge is 2.32. The molecule has 2 rings (SSSR count). The molecule has 0 N–H and O–H groups in total. The molecule has 0 spiro atoms. The maximum Gasteiger partial charge on any atom is 0.178 e. The quantitative estimate of drug-likeness (QED) is 0.753. The Hall–Kier alpha value is -0.700. The van der Waals surface area contributed by atoms with Gasteiger partial charge in [-0.3, -0.25) is 4.79 Å². The van der Waals surface area contributed by atoms with Gasteiger partial charge in [-0.15, -0.1) is 11.3 Å².